The lowest BCUT2D eigenvalue weighted by Crippen LogP contribution is -2.42. The molecule has 0 bridgehead atoms. The van der Waals surface area contributed by atoms with Crippen molar-refractivity contribution in [2.24, 2.45) is 0 Å². The number of pyridine rings is 1. The summed E-state index contributed by atoms with van der Waals surface area (Å²) >= 11 is 0. The highest BCUT2D eigenvalue weighted by atomic mass is 16.5. The van der Waals surface area contributed by atoms with Crippen molar-refractivity contribution in [2.75, 3.05) is 20.2 Å². The minimum Gasteiger partial charge on any atom is -0.474 e. The van der Waals surface area contributed by atoms with E-state index in [0.717, 1.165) is 12.8 Å². The molecule has 3 rings (SSSR count). The molecule has 7 heteroatoms. The maximum Gasteiger partial charge on any atom is 0.319 e. The molecule has 1 aliphatic heterocycles. The van der Waals surface area contributed by atoms with E-state index in [1.165, 1.54) is 7.11 Å². The minimum absolute atomic E-state index is 0.0300. The van der Waals surface area contributed by atoms with Crippen LogP contribution in [0.15, 0.2) is 36.7 Å². The Morgan fingerprint density at radius 1 is 1.17 bits per heavy atom. The number of amides is 1. The van der Waals surface area contributed by atoms with Gasteiger partial charge in [0.05, 0.1) is 7.11 Å². The molecule has 0 spiro atoms. The molecule has 23 heavy (non-hydrogen) atoms. The van der Waals surface area contributed by atoms with E-state index in [-0.39, 0.29) is 18.0 Å². The smallest absolute Gasteiger partial charge is 0.319 e. The number of carbonyl (C=O) groups is 1. The topological polar surface area (TPSA) is 77.4 Å². The molecule has 2 aromatic rings. The number of carbonyl (C=O) groups excluding carboxylic acids is 1. The first-order chi connectivity index (χ1) is 11.3. The summed E-state index contributed by atoms with van der Waals surface area (Å²) in [5, 5.41) is 0. The molecule has 2 aromatic heterocycles. The van der Waals surface area contributed by atoms with Gasteiger partial charge in [0.15, 0.2) is 0 Å². The second-order valence-corrected chi connectivity index (χ2v) is 5.21. The van der Waals surface area contributed by atoms with Crippen LogP contribution < -0.4 is 9.47 Å². The standard InChI is InChI=1S/C16H18N4O3/c1-22-16-18-9-5-14(19-16)23-12-6-10-20(11-7-12)15(21)13-4-2-3-8-17-13/h2-5,8-9,12H,6-7,10-11H2,1H3. The highest BCUT2D eigenvalue weighted by Gasteiger charge is 2.25. The largest absolute Gasteiger partial charge is 0.474 e. The molecule has 7 nitrogen and oxygen atoms in total. The molecular weight excluding hydrogens is 296 g/mol. The van der Waals surface area contributed by atoms with Crippen LogP contribution in [0.4, 0.5) is 0 Å². The summed E-state index contributed by atoms with van der Waals surface area (Å²) in [5.74, 6) is 0.458. The monoisotopic (exact) mass is 314 g/mol. The third-order valence-corrected chi connectivity index (χ3v) is 3.69. The molecule has 3 heterocycles. The van der Waals surface area contributed by atoms with Crippen LogP contribution in [0.3, 0.4) is 0 Å². The highest BCUT2D eigenvalue weighted by Crippen LogP contribution is 2.19. The van der Waals surface area contributed by atoms with E-state index < -0.39 is 0 Å². The Labute approximate surface area is 134 Å². The van der Waals surface area contributed by atoms with Gasteiger partial charge in [-0.1, -0.05) is 6.07 Å². The van der Waals surface area contributed by atoms with E-state index in [4.69, 9.17) is 9.47 Å². The van der Waals surface area contributed by atoms with E-state index in [2.05, 4.69) is 15.0 Å². The van der Waals surface area contributed by atoms with Crippen molar-refractivity contribution in [3.8, 4) is 11.9 Å². The Kier molecular flexibility index (Phi) is 4.65. The molecule has 0 N–H and O–H groups in total. The molecular formula is C16H18N4O3. The third-order valence-electron chi connectivity index (χ3n) is 3.69. The minimum atomic E-state index is -0.0345. The van der Waals surface area contributed by atoms with Crippen LogP contribution in [-0.4, -0.2) is 52.1 Å². The maximum atomic E-state index is 12.3. The Balaban J connectivity index is 1.55. The molecule has 0 aromatic carbocycles. The van der Waals surface area contributed by atoms with Crippen molar-refractivity contribution < 1.29 is 14.3 Å². The van der Waals surface area contributed by atoms with Gasteiger partial charge in [0.25, 0.3) is 5.91 Å². The van der Waals surface area contributed by atoms with E-state index in [1.54, 1.807) is 30.6 Å². The number of nitrogens with zero attached hydrogens (tertiary/aromatic N) is 4. The number of piperidine rings is 1. The third kappa shape index (κ3) is 3.74. The maximum absolute atomic E-state index is 12.3. The van der Waals surface area contributed by atoms with Gasteiger partial charge in [-0.05, 0) is 12.1 Å². The molecule has 1 saturated heterocycles. The van der Waals surface area contributed by atoms with Gasteiger partial charge in [-0.2, -0.15) is 4.98 Å². The Morgan fingerprint density at radius 2 is 2.00 bits per heavy atom. The lowest BCUT2D eigenvalue weighted by molar-refractivity contribution is 0.0581. The summed E-state index contributed by atoms with van der Waals surface area (Å²) in [6.45, 7) is 1.28. The van der Waals surface area contributed by atoms with Gasteiger partial charge in [-0.15, -0.1) is 0 Å². The molecule has 0 unspecified atom stereocenters. The first kappa shape index (κ1) is 15.2. The first-order valence-electron chi connectivity index (χ1n) is 7.50. The first-order valence-corrected chi connectivity index (χ1v) is 7.50. The zero-order chi connectivity index (χ0) is 16.1. The fraction of sp³-hybridized carbons (Fsp3) is 0.375. The quantitative estimate of drug-likeness (QED) is 0.852. The number of rotatable bonds is 4. The molecule has 0 radical (unpaired) electrons. The Bertz CT molecular complexity index is 657. The summed E-state index contributed by atoms with van der Waals surface area (Å²) in [6, 6.07) is 7.34. The van der Waals surface area contributed by atoms with Crippen LogP contribution in [0.1, 0.15) is 23.3 Å². The second-order valence-electron chi connectivity index (χ2n) is 5.21. The van der Waals surface area contributed by atoms with Gasteiger partial charge in [-0.3, -0.25) is 9.78 Å². The molecule has 1 fully saturated rings. The van der Waals surface area contributed by atoms with Gasteiger partial charge in [0.1, 0.15) is 11.8 Å². The normalized spacial score (nSPS) is 15.3. The van der Waals surface area contributed by atoms with Crippen molar-refractivity contribution in [1.29, 1.82) is 0 Å². The zero-order valence-electron chi connectivity index (χ0n) is 12.9. The van der Waals surface area contributed by atoms with E-state index >= 15 is 0 Å². The van der Waals surface area contributed by atoms with Gasteiger partial charge in [0.2, 0.25) is 5.88 Å². The van der Waals surface area contributed by atoms with Crippen molar-refractivity contribution in [3.63, 3.8) is 0 Å². The van der Waals surface area contributed by atoms with Crippen molar-refractivity contribution >= 4 is 5.91 Å². The number of aromatic nitrogens is 3. The van der Waals surface area contributed by atoms with Gasteiger partial charge in [0, 0.05) is 44.4 Å². The van der Waals surface area contributed by atoms with Crippen molar-refractivity contribution in [3.05, 3.63) is 42.4 Å². The fourth-order valence-corrected chi connectivity index (χ4v) is 2.49. The van der Waals surface area contributed by atoms with Crippen molar-refractivity contribution in [2.45, 2.75) is 18.9 Å². The van der Waals surface area contributed by atoms with Crippen LogP contribution in [0, 0.1) is 0 Å². The number of ether oxygens (including phenoxy) is 2. The van der Waals surface area contributed by atoms with Gasteiger partial charge in [-0.25, -0.2) is 4.98 Å². The lowest BCUT2D eigenvalue weighted by atomic mass is 10.1. The Morgan fingerprint density at radius 3 is 2.70 bits per heavy atom. The van der Waals surface area contributed by atoms with Crippen LogP contribution in [0.5, 0.6) is 11.9 Å². The highest BCUT2D eigenvalue weighted by molar-refractivity contribution is 5.92. The molecule has 1 aliphatic rings. The summed E-state index contributed by atoms with van der Waals surface area (Å²) in [6.07, 6.45) is 4.77. The molecule has 1 amide bonds. The number of hydrogen-bond donors (Lipinski definition) is 0. The average Bonchev–Trinajstić information content (AvgIpc) is 2.63. The SMILES string of the molecule is COc1nccc(OC2CCN(C(=O)c3ccccn3)CC2)n1. The van der Waals surface area contributed by atoms with Crippen LogP contribution >= 0.6 is 0 Å². The van der Waals surface area contributed by atoms with Crippen LogP contribution in [0.25, 0.3) is 0 Å². The Hall–Kier alpha value is -2.70. The van der Waals surface area contributed by atoms with Crippen molar-refractivity contribution in [1.82, 2.24) is 19.9 Å². The summed E-state index contributed by atoms with van der Waals surface area (Å²) in [7, 11) is 1.51. The zero-order valence-corrected chi connectivity index (χ0v) is 12.9. The second kappa shape index (κ2) is 7.04. The number of methoxy groups -OCH3 is 1. The molecule has 120 valence electrons. The summed E-state index contributed by atoms with van der Waals surface area (Å²) < 4.78 is 10.8. The summed E-state index contributed by atoms with van der Waals surface area (Å²) in [5.41, 5.74) is 0.479. The lowest BCUT2D eigenvalue weighted by Gasteiger charge is -2.31. The summed E-state index contributed by atoms with van der Waals surface area (Å²) in [4.78, 5) is 26.3. The number of likely N-dealkylation sites (tertiary alicyclic amines) is 1. The molecule has 0 saturated carbocycles. The van der Waals surface area contributed by atoms with E-state index in [9.17, 15) is 4.79 Å². The predicted octanol–water partition coefficient (Wildman–Crippen LogP) is 1.56. The van der Waals surface area contributed by atoms with Gasteiger partial charge >= 0.3 is 6.01 Å². The fourth-order valence-electron chi connectivity index (χ4n) is 2.49. The van der Waals surface area contributed by atoms with E-state index in [1.807, 2.05) is 11.0 Å². The predicted molar refractivity (Wildman–Crippen MR) is 82.4 cm³/mol. The van der Waals surface area contributed by atoms with Crippen LogP contribution in [0.2, 0.25) is 0 Å². The van der Waals surface area contributed by atoms with E-state index in [0.29, 0.717) is 24.7 Å². The van der Waals surface area contributed by atoms with Gasteiger partial charge < -0.3 is 14.4 Å². The van der Waals surface area contributed by atoms with Crippen LogP contribution in [-0.2, 0) is 0 Å². The molecule has 0 atom stereocenters. The number of hydrogen-bond acceptors (Lipinski definition) is 6. The average molecular weight is 314 g/mol. The molecule has 0 aliphatic carbocycles.